The Morgan fingerprint density at radius 2 is 1.82 bits per heavy atom. The summed E-state index contributed by atoms with van der Waals surface area (Å²) in [5, 5.41) is 2.70. The highest BCUT2D eigenvalue weighted by molar-refractivity contribution is 7.90. The van der Waals surface area contributed by atoms with E-state index >= 15 is 0 Å². The molecule has 0 atom stereocenters. The van der Waals surface area contributed by atoms with Crippen molar-refractivity contribution >= 4 is 33.5 Å². The third-order valence-corrected chi connectivity index (χ3v) is 5.73. The van der Waals surface area contributed by atoms with Gasteiger partial charge in [-0.15, -0.1) is 0 Å². The molecular weight excluding hydrogens is 374 g/mol. The standard InChI is InChI=1S/C21H23N3O3S/c25-21(14-13-17-8-3-1-4-9-17)23-18-10-7-11-19(16-18)28(26,27)24-20-12-5-2-6-15-22-20/h1,3-4,7-11,13-14,16H,2,5-6,12,15H2,(H,22,24)(H,23,25)/p+1/b14-13+. The molecule has 0 spiro atoms. The van der Waals surface area contributed by atoms with Gasteiger partial charge in [0.05, 0.1) is 6.54 Å². The Morgan fingerprint density at radius 1 is 1.00 bits per heavy atom. The Kier molecular flexibility index (Phi) is 6.60. The minimum atomic E-state index is -3.71. The summed E-state index contributed by atoms with van der Waals surface area (Å²) >= 11 is 0. The van der Waals surface area contributed by atoms with E-state index in [0.717, 1.165) is 31.4 Å². The first-order valence-corrected chi connectivity index (χ1v) is 10.8. The fourth-order valence-electron chi connectivity index (χ4n) is 2.90. The Labute approximate surface area is 165 Å². The maximum absolute atomic E-state index is 12.7. The summed E-state index contributed by atoms with van der Waals surface area (Å²) < 4.78 is 28.0. The smallest absolute Gasteiger partial charge is 0.322 e. The Hall–Kier alpha value is -2.93. The van der Waals surface area contributed by atoms with Crippen molar-refractivity contribution in [2.45, 2.75) is 30.6 Å². The number of sulfonamides is 1. The SMILES string of the molecule is O=C(/C=C/c1ccccc1)Nc1cccc(S(=O)(=O)NC2=[NH+]CCCCC2)c1. The minimum Gasteiger partial charge on any atom is -0.322 e. The topological polar surface area (TPSA) is 89.2 Å². The van der Waals surface area contributed by atoms with Gasteiger partial charge in [0.15, 0.2) is 0 Å². The molecular formula is C21H24N3O3S+. The number of nitrogens with one attached hydrogen (secondary N) is 3. The van der Waals surface area contributed by atoms with E-state index in [4.69, 9.17) is 0 Å². The lowest BCUT2D eigenvalue weighted by molar-refractivity contribution is -0.459. The fraction of sp³-hybridized carbons (Fsp3) is 0.238. The first-order chi connectivity index (χ1) is 13.5. The van der Waals surface area contributed by atoms with E-state index in [9.17, 15) is 13.2 Å². The predicted molar refractivity (Wildman–Crippen MR) is 110 cm³/mol. The van der Waals surface area contributed by atoms with Crippen molar-refractivity contribution in [1.82, 2.24) is 4.72 Å². The minimum absolute atomic E-state index is 0.107. The van der Waals surface area contributed by atoms with Gasteiger partial charge < -0.3 is 5.32 Å². The number of amidine groups is 1. The molecule has 0 fully saturated rings. The second-order valence-electron chi connectivity index (χ2n) is 6.58. The lowest BCUT2D eigenvalue weighted by Crippen LogP contribution is -2.76. The monoisotopic (exact) mass is 398 g/mol. The van der Waals surface area contributed by atoms with E-state index in [2.05, 4.69) is 15.0 Å². The predicted octanol–water partition coefficient (Wildman–Crippen LogP) is 1.67. The lowest BCUT2D eigenvalue weighted by atomic mass is 10.2. The van der Waals surface area contributed by atoms with Crippen LogP contribution < -0.4 is 15.0 Å². The van der Waals surface area contributed by atoms with Gasteiger partial charge in [0, 0.05) is 18.2 Å². The number of benzene rings is 2. The first kappa shape index (κ1) is 19.8. The van der Waals surface area contributed by atoms with E-state index in [1.54, 1.807) is 18.2 Å². The molecule has 6 nitrogen and oxygen atoms in total. The van der Waals surface area contributed by atoms with Gasteiger partial charge in [-0.3, -0.25) is 9.79 Å². The van der Waals surface area contributed by atoms with Crippen molar-refractivity contribution in [2.75, 3.05) is 11.9 Å². The van der Waals surface area contributed by atoms with Crippen LogP contribution in [-0.2, 0) is 14.8 Å². The summed E-state index contributed by atoms with van der Waals surface area (Å²) in [7, 11) is -3.71. The van der Waals surface area contributed by atoms with Crippen LogP contribution in [0.2, 0.25) is 0 Å². The third kappa shape index (κ3) is 5.79. The van der Waals surface area contributed by atoms with Gasteiger partial charge in [-0.1, -0.05) is 36.4 Å². The molecule has 3 N–H and O–H groups in total. The maximum Gasteiger partial charge on any atom is 0.328 e. The average Bonchev–Trinajstić information content (AvgIpc) is 2.96. The summed E-state index contributed by atoms with van der Waals surface area (Å²) in [5.41, 5.74) is 1.33. The lowest BCUT2D eigenvalue weighted by Gasteiger charge is -2.06. The molecule has 0 radical (unpaired) electrons. The van der Waals surface area contributed by atoms with Crippen molar-refractivity contribution in [1.29, 1.82) is 0 Å². The van der Waals surface area contributed by atoms with Crippen LogP contribution in [-0.4, -0.2) is 26.7 Å². The quantitative estimate of drug-likeness (QED) is 0.670. The van der Waals surface area contributed by atoms with E-state index < -0.39 is 10.0 Å². The van der Waals surface area contributed by atoms with Crippen LogP contribution in [0.4, 0.5) is 5.69 Å². The van der Waals surface area contributed by atoms with Crippen molar-refractivity contribution in [3.8, 4) is 0 Å². The molecule has 2 aromatic carbocycles. The number of hydrogen-bond donors (Lipinski definition) is 3. The van der Waals surface area contributed by atoms with Gasteiger partial charge in [-0.2, -0.15) is 13.1 Å². The molecule has 1 amide bonds. The largest absolute Gasteiger partial charge is 0.328 e. The van der Waals surface area contributed by atoms with Crippen LogP contribution in [0.3, 0.4) is 0 Å². The second kappa shape index (κ2) is 9.32. The van der Waals surface area contributed by atoms with Gasteiger partial charge >= 0.3 is 10.0 Å². The summed E-state index contributed by atoms with van der Waals surface area (Å²) in [6.07, 6.45) is 6.86. The molecule has 2 aromatic rings. The fourth-order valence-corrected chi connectivity index (χ4v) is 4.06. The summed E-state index contributed by atoms with van der Waals surface area (Å²) in [6.45, 7) is 0.766. The molecule has 7 heteroatoms. The molecule has 1 aliphatic heterocycles. The van der Waals surface area contributed by atoms with Crippen molar-refractivity contribution < 1.29 is 18.2 Å². The van der Waals surface area contributed by atoms with Crippen LogP contribution >= 0.6 is 0 Å². The van der Waals surface area contributed by atoms with Gasteiger partial charge in [-0.25, -0.2) is 0 Å². The zero-order chi connectivity index (χ0) is 19.8. The number of hydrogen-bond acceptors (Lipinski definition) is 3. The molecule has 0 saturated carbocycles. The number of amides is 1. The molecule has 0 saturated heterocycles. The summed E-state index contributed by atoms with van der Waals surface area (Å²) in [6, 6.07) is 15.7. The van der Waals surface area contributed by atoms with E-state index in [1.165, 1.54) is 18.2 Å². The van der Waals surface area contributed by atoms with Crippen LogP contribution in [0.1, 0.15) is 31.2 Å². The van der Waals surface area contributed by atoms with Crippen molar-refractivity contribution in [3.05, 3.63) is 66.2 Å². The highest BCUT2D eigenvalue weighted by Gasteiger charge is 2.23. The molecule has 0 aliphatic carbocycles. The second-order valence-corrected chi connectivity index (χ2v) is 8.26. The van der Waals surface area contributed by atoms with Crippen LogP contribution in [0.5, 0.6) is 0 Å². The number of anilines is 1. The molecule has 0 unspecified atom stereocenters. The Bertz CT molecular complexity index is 983. The zero-order valence-electron chi connectivity index (χ0n) is 15.5. The Balaban J connectivity index is 1.68. The number of carbonyl (C=O) groups is 1. The van der Waals surface area contributed by atoms with E-state index in [1.807, 2.05) is 30.3 Å². The van der Waals surface area contributed by atoms with Crippen molar-refractivity contribution in [2.24, 2.45) is 0 Å². The average molecular weight is 399 g/mol. The third-order valence-electron chi connectivity index (χ3n) is 4.34. The maximum atomic E-state index is 12.7. The molecule has 1 heterocycles. The molecule has 28 heavy (non-hydrogen) atoms. The van der Waals surface area contributed by atoms with E-state index in [-0.39, 0.29) is 10.8 Å². The molecule has 3 rings (SSSR count). The molecule has 1 aliphatic rings. The number of rotatable bonds is 5. The van der Waals surface area contributed by atoms with Crippen LogP contribution in [0, 0.1) is 0 Å². The molecule has 0 bridgehead atoms. The zero-order valence-corrected chi connectivity index (χ0v) is 16.3. The number of carbonyl (C=O) groups excluding carboxylic acids is 1. The highest BCUT2D eigenvalue weighted by atomic mass is 32.2. The van der Waals surface area contributed by atoms with Crippen molar-refractivity contribution in [3.63, 3.8) is 0 Å². The summed E-state index contributed by atoms with van der Waals surface area (Å²) in [4.78, 5) is 15.4. The normalized spacial score (nSPS) is 14.9. The van der Waals surface area contributed by atoms with Gasteiger partial charge in [-0.05, 0) is 49.1 Å². The van der Waals surface area contributed by atoms with Crippen LogP contribution in [0.25, 0.3) is 6.08 Å². The first-order valence-electron chi connectivity index (χ1n) is 9.30. The highest BCUT2D eigenvalue weighted by Crippen LogP contribution is 2.16. The van der Waals surface area contributed by atoms with Gasteiger partial charge in [0.1, 0.15) is 4.90 Å². The van der Waals surface area contributed by atoms with E-state index in [0.29, 0.717) is 17.9 Å². The molecule has 146 valence electrons. The van der Waals surface area contributed by atoms with Gasteiger partial charge in [0.2, 0.25) is 5.91 Å². The van der Waals surface area contributed by atoms with Gasteiger partial charge in [0.25, 0.3) is 5.84 Å². The van der Waals surface area contributed by atoms with Crippen LogP contribution in [0.15, 0.2) is 65.6 Å². The summed E-state index contributed by atoms with van der Waals surface area (Å²) in [5.74, 6) is 0.295. The Morgan fingerprint density at radius 3 is 2.64 bits per heavy atom. The molecule has 0 aromatic heterocycles.